The lowest BCUT2D eigenvalue weighted by Gasteiger charge is -2.06. The second-order valence-electron chi connectivity index (χ2n) is 5.62. The Morgan fingerprint density at radius 2 is 2.00 bits per heavy atom. The lowest BCUT2D eigenvalue weighted by atomic mass is 10.2. The number of hydrogen-bond donors (Lipinski definition) is 4. The summed E-state index contributed by atoms with van der Waals surface area (Å²) in [7, 11) is 0. The van der Waals surface area contributed by atoms with E-state index in [1.54, 1.807) is 18.5 Å². The summed E-state index contributed by atoms with van der Waals surface area (Å²) in [5.74, 6) is 7.57. The van der Waals surface area contributed by atoms with Gasteiger partial charge in [0.15, 0.2) is 0 Å². The number of allylic oxidation sites excluding steroid dienone is 1. The van der Waals surface area contributed by atoms with Gasteiger partial charge in [0.1, 0.15) is 17.4 Å². The molecule has 2 aliphatic rings. The van der Waals surface area contributed by atoms with Crippen molar-refractivity contribution >= 4 is 5.84 Å². The minimum Gasteiger partial charge on any atom is -0.386 e. The Morgan fingerprint density at radius 1 is 1.27 bits per heavy atom. The van der Waals surface area contributed by atoms with Crippen LogP contribution in [0.4, 0.5) is 0 Å². The lowest BCUT2D eigenvalue weighted by molar-refractivity contribution is 0.612. The van der Waals surface area contributed by atoms with Crippen LogP contribution in [0.3, 0.4) is 0 Å². The predicted molar refractivity (Wildman–Crippen MR) is 110 cm³/mol. The first kappa shape index (κ1) is 21.7. The van der Waals surface area contributed by atoms with Gasteiger partial charge in [-0.3, -0.25) is 0 Å². The number of nitrogens with two attached hydrogens (primary N) is 1. The van der Waals surface area contributed by atoms with E-state index in [2.05, 4.69) is 50.6 Å². The second-order valence-corrected chi connectivity index (χ2v) is 5.62. The fourth-order valence-electron chi connectivity index (χ4n) is 2.80. The van der Waals surface area contributed by atoms with Gasteiger partial charge in [-0.05, 0) is 44.7 Å². The smallest absolute Gasteiger partial charge is 0.124 e. The number of imidazole rings is 1. The molecule has 3 rings (SSSR count). The maximum atomic E-state index is 5.91. The molecule has 0 radical (unpaired) electrons. The number of hydrogen-bond acceptors (Lipinski definition) is 4. The zero-order valence-electron chi connectivity index (χ0n) is 16.0. The number of rotatable bonds is 3. The molecule has 0 aromatic carbocycles. The number of nitrogens with zero attached hydrogens (tertiary/aromatic N) is 2. The van der Waals surface area contributed by atoms with Crippen molar-refractivity contribution < 1.29 is 0 Å². The van der Waals surface area contributed by atoms with Crippen LogP contribution in [0.1, 0.15) is 57.1 Å². The van der Waals surface area contributed by atoms with E-state index in [1.807, 2.05) is 13.8 Å². The van der Waals surface area contributed by atoms with E-state index in [4.69, 9.17) is 5.73 Å². The molecule has 0 amide bonds. The highest BCUT2D eigenvalue weighted by molar-refractivity contribution is 5.86. The Labute approximate surface area is 157 Å². The summed E-state index contributed by atoms with van der Waals surface area (Å²) < 4.78 is 0. The Balaban J connectivity index is 0.000000791. The quantitative estimate of drug-likeness (QED) is 0.290. The molecule has 6 heteroatoms. The minimum atomic E-state index is 0.215. The van der Waals surface area contributed by atoms with Crippen LogP contribution >= 0.6 is 0 Å². The third kappa shape index (κ3) is 6.87. The Morgan fingerprint density at radius 3 is 2.65 bits per heavy atom. The van der Waals surface area contributed by atoms with Gasteiger partial charge in [-0.25, -0.2) is 9.98 Å². The maximum Gasteiger partial charge on any atom is 0.124 e. The van der Waals surface area contributed by atoms with E-state index >= 15 is 0 Å². The molecule has 2 aliphatic heterocycles. The van der Waals surface area contributed by atoms with Gasteiger partial charge in [0.25, 0.3) is 0 Å². The van der Waals surface area contributed by atoms with Crippen LogP contribution in [0.2, 0.25) is 0 Å². The molecular formula is C20H32N6. The van der Waals surface area contributed by atoms with Gasteiger partial charge in [-0.2, -0.15) is 0 Å². The standard InChI is InChI=1S/C16H22N6.C2H6.C2H4/c17-15(13-6-3-9-18-13)20-8-2-1-5-12-11-21-16(22-12)14-7-4-10-19-14;2*1-2/h2,8,11,13-14,18-19H,3-4,6-7,9-10H2,(H2,17,20)(H,21,22);1-2H3;1-2H2/b8-2+;;/t13-,14-;;/m0../s1. The molecule has 6 nitrogen and oxygen atoms in total. The summed E-state index contributed by atoms with van der Waals surface area (Å²) in [6.45, 7) is 12.1. The van der Waals surface area contributed by atoms with Crippen molar-refractivity contribution in [3.05, 3.63) is 43.1 Å². The van der Waals surface area contributed by atoms with Crippen LogP contribution in [0.5, 0.6) is 0 Å². The van der Waals surface area contributed by atoms with Crippen LogP contribution in [-0.4, -0.2) is 34.9 Å². The highest BCUT2D eigenvalue weighted by atomic mass is 15.0. The Hall–Kier alpha value is -2.36. The molecule has 142 valence electrons. The number of nitrogens with one attached hydrogen (secondary N) is 3. The fraction of sp³-hybridized carbons (Fsp3) is 0.500. The summed E-state index contributed by atoms with van der Waals surface area (Å²) in [6.07, 6.45) is 9.67. The van der Waals surface area contributed by atoms with Crippen molar-refractivity contribution in [1.29, 1.82) is 0 Å². The molecule has 0 spiro atoms. The minimum absolute atomic E-state index is 0.215. The molecule has 0 bridgehead atoms. The molecule has 0 aliphatic carbocycles. The van der Waals surface area contributed by atoms with Crippen molar-refractivity contribution in [2.75, 3.05) is 13.1 Å². The van der Waals surface area contributed by atoms with Gasteiger partial charge in [-0.1, -0.05) is 19.8 Å². The highest BCUT2D eigenvalue weighted by Crippen LogP contribution is 2.19. The van der Waals surface area contributed by atoms with Crippen LogP contribution in [0.15, 0.2) is 36.6 Å². The van der Waals surface area contributed by atoms with E-state index < -0.39 is 0 Å². The molecule has 2 atom stereocenters. The number of aliphatic imine (C=N–C) groups is 1. The van der Waals surface area contributed by atoms with Crippen LogP contribution in [0.25, 0.3) is 0 Å². The van der Waals surface area contributed by atoms with Crippen molar-refractivity contribution in [1.82, 2.24) is 20.6 Å². The van der Waals surface area contributed by atoms with E-state index in [0.29, 0.717) is 11.9 Å². The highest BCUT2D eigenvalue weighted by Gasteiger charge is 2.18. The summed E-state index contributed by atoms with van der Waals surface area (Å²) in [5.41, 5.74) is 6.73. The average molecular weight is 357 g/mol. The lowest BCUT2D eigenvalue weighted by Crippen LogP contribution is -2.36. The summed E-state index contributed by atoms with van der Waals surface area (Å²) >= 11 is 0. The molecule has 1 aromatic rings. The van der Waals surface area contributed by atoms with Crippen LogP contribution in [-0.2, 0) is 0 Å². The molecule has 3 heterocycles. The third-order valence-electron chi connectivity index (χ3n) is 3.99. The fourth-order valence-corrected chi connectivity index (χ4v) is 2.80. The Kier molecular flexibility index (Phi) is 10.8. The summed E-state index contributed by atoms with van der Waals surface area (Å²) in [6, 6.07) is 0.557. The van der Waals surface area contributed by atoms with E-state index in [9.17, 15) is 0 Å². The number of aromatic amines is 1. The van der Waals surface area contributed by atoms with Crippen molar-refractivity contribution in [3.8, 4) is 11.8 Å². The monoisotopic (exact) mass is 356 g/mol. The molecule has 0 unspecified atom stereocenters. The zero-order valence-corrected chi connectivity index (χ0v) is 16.0. The van der Waals surface area contributed by atoms with Gasteiger partial charge in [-0.15, -0.1) is 13.2 Å². The molecular weight excluding hydrogens is 324 g/mol. The van der Waals surface area contributed by atoms with Crippen molar-refractivity contribution in [3.63, 3.8) is 0 Å². The molecule has 0 saturated carbocycles. The van der Waals surface area contributed by atoms with Gasteiger partial charge < -0.3 is 21.4 Å². The summed E-state index contributed by atoms with van der Waals surface area (Å²) in [4.78, 5) is 11.8. The zero-order chi connectivity index (χ0) is 19.2. The molecule has 2 saturated heterocycles. The van der Waals surface area contributed by atoms with E-state index in [-0.39, 0.29) is 6.04 Å². The predicted octanol–water partition coefficient (Wildman–Crippen LogP) is 2.64. The number of aromatic nitrogens is 2. The second kappa shape index (κ2) is 12.9. The maximum absolute atomic E-state index is 5.91. The third-order valence-corrected chi connectivity index (χ3v) is 3.99. The van der Waals surface area contributed by atoms with Crippen LogP contribution in [0, 0.1) is 11.8 Å². The SMILES string of the molecule is C=C.CC.NC(=N/C=C/C#Cc1cnc([C@@H]2CCCN2)[nH]1)[C@@H]1CCCN1. The van der Waals surface area contributed by atoms with Crippen molar-refractivity contribution in [2.24, 2.45) is 10.7 Å². The topological polar surface area (TPSA) is 91.1 Å². The average Bonchev–Trinajstić information content (AvgIpc) is 3.46. The van der Waals surface area contributed by atoms with E-state index in [0.717, 1.165) is 43.9 Å². The summed E-state index contributed by atoms with van der Waals surface area (Å²) in [5, 5.41) is 6.72. The number of H-pyrrole nitrogens is 1. The molecule has 5 N–H and O–H groups in total. The normalized spacial score (nSPS) is 22.0. The van der Waals surface area contributed by atoms with Gasteiger partial charge in [0.05, 0.1) is 18.3 Å². The Bertz CT molecular complexity index is 622. The van der Waals surface area contributed by atoms with Gasteiger partial charge >= 0.3 is 0 Å². The van der Waals surface area contributed by atoms with Gasteiger partial charge in [0.2, 0.25) is 0 Å². The van der Waals surface area contributed by atoms with Gasteiger partial charge in [0, 0.05) is 12.3 Å². The first-order valence-electron chi connectivity index (χ1n) is 9.34. The molecule has 1 aromatic heterocycles. The molecule has 26 heavy (non-hydrogen) atoms. The number of amidine groups is 1. The first-order valence-corrected chi connectivity index (χ1v) is 9.34. The first-order chi connectivity index (χ1) is 12.8. The molecule has 2 fully saturated rings. The largest absolute Gasteiger partial charge is 0.386 e. The van der Waals surface area contributed by atoms with E-state index in [1.165, 1.54) is 6.42 Å². The van der Waals surface area contributed by atoms with Crippen LogP contribution < -0.4 is 16.4 Å². The van der Waals surface area contributed by atoms with Crippen molar-refractivity contribution in [2.45, 2.75) is 51.6 Å².